The van der Waals surface area contributed by atoms with Gasteiger partial charge in [-0.05, 0) is 47.8 Å². The first-order chi connectivity index (χ1) is 8.49. The van der Waals surface area contributed by atoms with E-state index in [4.69, 9.17) is 4.74 Å². The van der Waals surface area contributed by atoms with Crippen LogP contribution in [0.5, 0.6) is 0 Å². The van der Waals surface area contributed by atoms with Crippen molar-refractivity contribution in [3.8, 4) is 0 Å². The summed E-state index contributed by atoms with van der Waals surface area (Å²) >= 11 is 3.22. The van der Waals surface area contributed by atoms with Gasteiger partial charge in [0.05, 0.1) is 6.10 Å². The van der Waals surface area contributed by atoms with Crippen molar-refractivity contribution in [2.24, 2.45) is 0 Å². The highest BCUT2D eigenvalue weighted by atomic mass is 79.9. The summed E-state index contributed by atoms with van der Waals surface area (Å²) in [4.78, 5) is 3.89. The molecular formula is C11H15BrN2O3S. The number of nitrogens with one attached hydrogen (secondary N) is 1. The van der Waals surface area contributed by atoms with Crippen LogP contribution in [0.4, 0.5) is 0 Å². The molecule has 0 bridgehead atoms. The van der Waals surface area contributed by atoms with Gasteiger partial charge in [0, 0.05) is 23.3 Å². The molecule has 0 saturated carbocycles. The molecule has 1 aromatic rings. The molecular weight excluding hydrogens is 320 g/mol. The lowest BCUT2D eigenvalue weighted by atomic mass is 10.1. The zero-order valence-electron chi connectivity index (χ0n) is 9.97. The van der Waals surface area contributed by atoms with Gasteiger partial charge in [-0.3, -0.25) is 0 Å². The lowest BCUT2D eigenvalue weighted by Gasteiger charge is -2.19. The Bertz CT molecular complexity index is 498. The first kappa shape index (κ1) is 13.9. The zero-order chi connectivity index (χ0) is 13.2. The molecule has 1 aliphatic heterocycles. The smallest absolute Gasteiger partial charge is 0.258 e. The van der Waals surface area contributed by atoms with Crippen LogP contribution in [-0.4, -0.2) is 32.2 Å². The third-order valence-corrected chi connectivity index (χ3v) is 4.78. The summed E-state index contributed by atoms with van der Waals surface area (Å²) in [6.45, 7) is 2.51. The minimum absolute atomic E-state index is 0.0237. The molecule has 2 heterocycles. The van der Waals surface area contributed by atoms with Crippen molar-refractivity contribution in [2.45, 2.75) is 36.9 Å². The maximum Gasteiger partial charge on any atom is 0.258 e. The fourth-order valence-electron chi connectivity index (χ4n) is 1.90. The average Bonchev–Trinajstić information content (AvgIpc) is 2.82. The molecule has 1 saturated heterocycles. The Morgan fingerprint density at radius 1 is 1.56 bits per heavy atom. The van der Waals surface area contributed by atoms with E-state index in [1.807, 2.05) is 6.92 Å². The van der Waals surface area contributed by atoms with Crippen molar-refractivity contribution in [1.29, 1.82) is 0 Å². The van der Waals surface area contributed by atoms with E-state index < -0.39 is 10.0 Å². The van der Waals surface area contributed by atoms with Crippen molar-refractivity contribution in [1.82, 2.24) is 9.71 Å². The van der Waals surface area contributed by atoms with Crippen molar-refractivity contribution in [3.63, 3.8) is 0 Å². The SMILES string of the molecule is CC(NS(=O)(=O)c1ccc(Br)cn1)C1CCCO1. The van der Waals surface area contributed by atoms with E-state index in [1.54, 1.807) is 6.07 Å². The first-order valence-corrected chi connectivity index (χ1v) is 8.02. The predicted molar refractivity (Wildman–Crippen MR) is 70.7 cm³/mol. The van der Waals surface area contributed by atoms with Crippen LogP contribution in [0, 0.1) is 0 Å². The number of pyridine rings is 1. The highest BCUT2D eigenvalue weighted by molar-refractivity contribution is 9.10. The predicted octanol–water partition coefficient (Wildman–Crippen LogP) is 1.69. The number of nitrogens with zero attached hydrogens (tertiary/aromatic N) is 1. The van der Waals surface area contributed by atoms with E-state index in [-0.39, 0.29) is 17.2 Å². The summed E-state index contributed by atoms with van der Waals surface area (Å²) in [6, 6.07) is 2.87. The maximum absolute atomic E-state index is 12.1. The van der Waals surface area contributed by atoms with Gasteiger partial charge >= 0.3 is 0 Å². The normalized spacial score (nSPS) is 22.0. The van der Waals surface area contributed by atoms with Gasteiger partial charge in [0.1, 0.15) is 0 Å². The number of ether oxygens (including phenoxy) is 1. The molecule has 2 unspecified atom stereocenters. The molecule has 0 spiro atoms. The topological polar surface area (TPSA) is 68.3 Å². The third kappa shape index (κ3) is 3.28. The second-order valence-electron chi connectivity index (χ2n) is 4.28. The van der Waals surface area contributed by atoms with Gasteiger partial charge in [0.15, 0.2) is 5.03 Å². The summed E-state index contributed by atoms with van der Waals surface area (Å²) in [5.74, 6) is 0. The maximum atomic E-state index is 12.1. The van der Waals surface area contributed by atoms with Crippen molar-refractivity contribution in [3.05, 3.63) is 22.8 Å². The molecule has 100 valence electrons. The van der Waals surface area contributed by atoms with E-state index in [0.29, 0.717) is 6.61 Å². The first-order valence-electron chi connectivity index (χ1n) is 5.74. The summed E-state index contributed by atoms with van der Waals surface area (Å²) in [7, 11) is -3.58. The number of aromatic nitrogens is 1. The fraction of sp³-hybridized carbons (Fsp3) is 0.545. The minimum atomic E-state index is -3.58. The highest BCUT2D eigenvalue weighted by Gasteiger charge is 2.27. The standard InChI is InChI=1S/C11H15BrN2O3S/c1-8(10-3-2-6-17-10)14-18(15,16)11-5-4-9(12)7-13-11/h4-5,7-8,10,14H,2-3,6H2,1H3. The van der Waals surface area contributed by atoms with E-state index in [2.05, 4.69) is 25.6 Å². The molecule has 0 amide bonds. The van der Waals surface area contributed by atoms with Crippen molar-refractivity contribution >= 4 is 26.0 Å². The number of hydrogen-bond donors (Lipinski definition) is 1. The summed E-state index contributed by atoms with van der Waals surface area (Å²) in [5.41, 5.74) is 0. The molecule has 2 rings (SSSR count). The lowest BCUT2D eigenvalue weighted by molar-refractivity contribution is 0.0902. The van der Waals surface area contributed by atoms with Gasteiger partial charge in [-0.2, -0.15) is 0 Å². The Labute approximate surface area is 115 Å². The van der Waals surface area contributed by atoms with E-state index in [9.17, 15) is 8.42 Å². The monoisotopic (exact) mass is 334 g/mol. The lowest BCUT2D eigenvalue weighted by Crippen LogP contribution is -2.41. The molecule has 0 radical (unpaired) electrons. The van der Waals surface area contributed by atoms with Gasteiger partial charge in [0.25, 0.3) is 10.0 Å². The van der Waals surface area contributed by atoms with Crippen LogP contribution < -0.4 is 4.72 Å². The van der Waals surface area contributed by atoms with Crippen LogP contribution in [-0.2, 0) is 14.8 Å². The number of sulfonamides is 1. The molecule has 1 aliphatic rings. The number of rotatable bonds is 4. The van der Waals surface area contributed by atoms with Crippen LogP contribution >= 0.6 is 15.9 Å². The van der Waals surface area contributed by atoms with Crippen molar-refractivity contribution < 1.29 is 13.2 Å². The van der Waals surface area contributed by atoms with Crippen molar-refractivity contribution in [2.75, 3.05) is 6.61 Å². The van der Waals surface area contributed by atoms with E-state index >= 15 is 0 Å². The number of halogens is 1. The van der Waals surface area contributed by atoms with Crippen LogP contribution in [0.1, 0.15) is 19.8 Å². The van der Waals surface area contributed by atoms with Gasteiger partial charge in [-0.1, -0.05) is 0 Å². The van der Waals surface area contributed by atoms with Crippen LogP contribution in [0.2, 0.25) is 0 Å². The Kier molecular flexibility index (Phi) is 4.37. The van der Waals surface area contributed by atoms with Gasteiger partial charge < -0.3 is 4.74 Å². The molecule has 1 fully saturated rings. The Morgan fingerprint density at radius 3 is 2.89 bits per heavy atom. The quantitative estimate of drug-likeness (QED) is 0.909. The summed E-state index contributed by atoms with van der Waals surface area (Å²) in [5, 5.41) is 0.0237. The molecule has 5 nitrogen and oxygen atoms in total. The molecule has 0 aliphatic carbocycles. The highest BCUT2D eigenvalue weighted by Crippen LogP contribution is 2.17. The molecule has 7 heteroatoms. The Balaban J connectivity index is 2.09. The van der Waals surface area contributed by atoms with Crippen LogP contribution in [0.3, 0.4) is 0 Å². The van der Waals surface area contributed by atoms with E-state index in [0.717, 1.165) is 17.3 Å². The average molecular weight is 335 g/mol. The third-order valence-electron chi connectivity index (χ3n) is 2.84. The van der Waals surface area contributed by atoms with Gasteiger partial charge in [-0.25, -0.2) is 18.1 Å². The molecule has 0 aromatic carbocycles. The summed E-state index contributed by atoms with van der Waals surface area (Å²) < 4.78 is 32.9. The Morgan fingerprint density at radius 2 is 2.33 bits per heavy atom. The zero-order valence-corrected chi connectivity index (χ0v) is 12.4. The molecule has 1 aromatic heterocycles. The Hall–Kier alpha value is -0.500. The number of hydrogen-bond acceptors (Lipinski definition) is 4. The molecule has 2 atom stereocenters. The minimum Gasteiger partial charge on any atom is -0.377 e. The second kappa shape index (κ2) is 5.64. The second-order valence-corrected chi connectivity index (χ2v) is 6.85. The largest absolute Gasteiger partial charge is 0.377 e. The molecule has 18 heavy (non-hydrogen) atoms. The summed E-state index contributed by atoms with van der Waals surface area (Å²) in [6.07, 6.45) is 3.28. The van der Waals surface area contributed by atoms with E-state index in [1.165, 1.54) is 12.3 Å². The van der Waals surface area contributed by atoms with Gasteiger partial charge in [0.2, 0.25) is 0 Å². The fourth-order valence-corrected chi connectivity index (χ4v) is 3.33. The van der Waals surface area contributed by atoms with Crippen LogP contribution in [0.15, 0.2) is 27.8 Å². The molecule has 1 N–H and O–H groups in total. The van der Waals surface area contributed by atoms with Crippen LogP contribution in [0.25, 0.3) is 0 Å². The van der Waals surface area contributed by atoms with Gasteiger partial charge in [-0.15, -0.1) is 0 Å².